The highest BCUT2D eigenvalue weighted by Gasteiger charge is 2.17. The summed E-state index contributed by atoms with van der Waals surface area (Å²) >= 11 is 0. The summed E-state index contributed by atoms with van der Waals surface area (Å²) in [6.07, 6.45) is 0. The molecule has 0 amide bonds. The molecule has 0 aliphatic carbocycles. The van der Waals surface area contributed by atoms with Gasteiger partial charge < -0.3 is 19.9 Å². The second-order valence-corrected chi connectivity index (χ2v) is 2.95. The van der Waals surface area contributed by atoms with Gasteiger partial charge >= 0.3 is 0 Å². The minimum atomic E-state index is 0.273. The molecule has 14 heavy (non-hydrogen) atoms. The minimum absolute atomic E-state index is 0.273. The summed E-state index contributed by atoms with van der Waals surface area (Å²) in [5.74, 6) is 2.25. The van der Waals surface area contributed by atoms with Gasteiger partial charge in [-0.1, -0.05) is 0 Å². The minimum Gasteiger partial charge on any atom is -0.493 e. The molecule has 0 saturated carbocycles. The first-order valence-electron chi connectivity index (χ1n) is 4.60. The average Bonchev–Trinajstić information content (AvgIpc) is 2.64. The van der Waals surface area contributed by atoms with Gasteiger partial charge in [0, 0.05) is 18.2 Å². The molecule has 1 aliphatic heterocycles. The quantitative estimate of drug-likeness (QED) is 0.789. The Kier molecular flexibility index (Phi) is 2.45. The molecule has 0 bridgehead atoms. The number of hydrogen-bond donors (Lipinski definition) is 1. The van der Waals surface area contributed by atoms with Crippen LogP contribution in [0.2, 0.25) is 0 Å². The van der Waals surface area contributed by atoms with Gasteiger partial charge in [-0.25, -0.2) is 0 Å². The van der Waals surface area contributed by atoms with Gasteiger partial charge in [0.1, 0.15) is 5.75 Å². The van der Waals surface area contributed by atoms with Crippen LogP contribution in [0.3, 0.4) is 0 Å². The van der Waals surface area contributed by atoms with Crippen LogP contribution in [0, 0.1) is 0 Å². The van der Waals surface area contributed by atoms with Crippen LogP contribution < -0.4 is 19.9 Å². The lowest BCUT2D eigenvalue weighted by Crippen LogP contribution is -2.01. The van der Waals surface area contributed by atoms with Crippen molar-refractivity contribution in [3.8, 4) is 17.2 Å². The molecule has 1 aliphatic rings. The Morgan fingerprint density at radius 3 is 2.71 bits per heavy atom. The Labute approximate surface area is 82.6 Å². The predicted octanol–water partition coefficient (Wildman–Crippen LogP) is 1.27. The molecule has 1 aromatic carbocycles. The van der Waals surface area contributed by atoms with Crippen LogP contribution >= 0.6 is 0 Å². The molecule has 2 N–H and O–H groups in total. The van der Waals surface area contributed by atoms with E-state index in [2.05, 4.69) is 0 Å². The Morgan fingerprint density at radius 2 is 2.07 bits per heavy atom. The van der Waals surface area contributed by atoms with Crippen LogP contribution in [-0.4, -0.2) is 13.4 Å². The molecular weight excluding hydrogens is 182 g/mol. The van der Waals surface area contributed by atoms with Crippen LogP contribution in [0.25, 0.3) is 0 Å². The molecular formula is C10H13NO3. The Balaban J connectivity index is 2.38. The summed E-state index contributed by atoms with van der Waals surface area (Å²) in [6.45, 7) is 3.26. The van der Waals surface area contributed by atoms with Crippen LogP contribution in [0.15, 0.2) is 12.1 Å². The van der Waals surface area contributed by atoms with E-state index in [-0.39, 0.29) is 6.79 Å². The first-order chi connectivity index (χ1) is 6.85. The summed E-state index contributed by atoms with van der Waals surface area (Å²) < 4.78 is 15.9. The maximum absolute atomic E-state index is 5.60. The Hall–Kier alpha value is -1.42. The number of hydrogen-bond acceptors (Lipinski definition) is 4. The summed E-state index contributed by atoms with van der Waals surface area (Å²) in [6, 6.07) is 3.70. The van der Waals surface area contributed by atoms with E-state index >= 15 is 0 Å². The topological polar surface area (TPSA) is 53.7 Å². The molecule has 0 fully saturated rings. The number of benzene rings is 1. The highest BCUT2D eigenvalue weighted by atomic mass is 16.7. The first-order valence-corrected chi connectivity index (χ1v) is 4.60. The summed E-state index contributed by atoms with van der Waals surface area (Å²) in [7, 11) is 0. The second-order valence-electron chi connectivity index (χ2n) is 2.95. The smallest absolute Gasteiger partial charge is 0.231 e. The fourth-order valence-electron chi connectivity index (χ4n) is 1.41. The van der Waals surface area contributed by atoms with E-state index in [1.807, 2.05) is 19.1 Å². The van der Waals surface area contributed by atoms with E-state index in [1.54, 1.807) is 0 Å². The largest absolute Gasteiger partial charge is 0.493 e. The van der Waals surface area contributed by atoms with Crippen molar-refractivity contribution in [2.75, 3.05) is 13.4 Å². The third-order valence-electron chi connectivity index (χ3n) is 2.08. The maximum Gasteiger partial charge on any atom is 0.231 e. The molecule has 1 aromatic rings. The third kappa shape index (κ3) is 1.48. The second kappa shape index (κ2) is 3.75. The van der Waals surface area contributed by atoms with Gasteiger partial charge in [0.25, 0.3) is 0 Å². The lowest BCUT2D eigenvalue weighted by atomic mass is 10.2. The zero-order valence-corrected chi connectivity index (χ0v) is 8.08. The zero-order chi connectivity index (χ0) is 9.97. The van der Waals surface area contributed by atoms with Gasteiger partial charge in [-0.3, -0.25) is 0 Å². The van der Waals surface area contributed by atoms with Crippen LogP contribution in [0.4, 0.5) is 0 Å². The first kappa shape index (κ1) is 9.15. The van der Waals surface area contributed by atoms with Gasteiger partial charge in [-0.2, -0.15) is 0 Å². The van der Waals surface area contributed by atoms with Crippen molar-refractivity contribution in [2.24, 2.45) is 5.73 Å². The van der Waals surface area contributed by atoms with Crippen LogP contribution in [0.1, 0.15) is 12.5 Å². The normalized spacial score (nSPS) is 13.0. The summed E-state index contributed by atoms with van der Waals surface area (Å²) in [4.78, 5) is 0. The van der Waals surface area contributed by atoms with Crippen molar-refractivity contribution in [3.63, 3.8) is 0 Å². The van der Waals surface area contributed by atoms with E-state index in [1.165, 1.54) is 0 Å². The van der Waals surface area contributed by atoms with Crippen molar-refractivity contribution < 1.29 is 14.2 Å². The van der Waals surface area contributed by atoms with E-state index in [0.717, 1.165) is 22.8 Å². The predicted molar refractivity (Wildman–Crippen MR) is 51.6 cm³/mol. The monoisotopic (exact) mass is 195 g/mol. The molecule has 1 heterocycles. The lowest BCUT2D eigenvalue weighted by molar-refractivity contribution is 0.173. The Bertz CT molecular complexity index is 338. The number of fused-ring (bicyclic) bond motifs is 1. The lowest BCUT2D eigenvalue weighted by Gasteiger charge is -2.09. The Morgan fingerprint density at radius 1 is 1.36 bits per heavy atom. The van der Waals surface area contributed by atoms with Crippen molar-refractivity contribution >= 4 is 0 Å². The van der Waals surface area contributed by atoms with Gasteiger partial charge in [-0.15, -0.1) is 0 Å². The number of ether oxygens (including phenoxy) is 3. The SMILES string of the molecule is CCOc1cc2c(cc1CN)OCO2. The van der Waals surface area contributed by atoms with Crippen molar-refractivity contribution in [2.45, 2.75) is 13.5 Å². The zero-order valence-electron chi connectivity index (χ0n) is 8.08. The van der Waals surface area contributed by atoms with E-state index < -0.39 is 0 Å². The summed E-state index contributed by atoms with van der Waals surface area (Å²) in [5, 5.41) is 0. The van der Waals surface area contributed by atoms with Gasteiger partial charge in [0.05, 0.1) is 6.61 Å². The van der Waals surface area contributed by atoms with Crippen molar-refractivity contribution in [1.29, 1.82) is 0 Å². The molecule has 2 rings (SSSR count). The van der Waals surface area contributed by atoms with Gasteiger partial charge in [-0.05, 0) is 13.0 Å². The summed E-state index contributed by atoms with van der Waals surface area (Å²) in [5.41, 5.74) is 6.54. The average molecular weight is 195 g/mol. The molecule has 4 heteroatoms. The fourth-order valence-corrected chi connectivity index (χ4v) is 1.41. The molecule has 0 aromatic heterocycles. The molecule has 76 valence electrons. The van der Waals surface area contributed by atoms with Gasteiger partial charge in [0.2, 0.25) is 6.79 Å². The van der Waals surface area contributed by atoms with Gasteiger partial charge in [0.15, 0.2) is 11.5 Å². The van der Waals surface area contributed by atoms with E-state index in [9.17, 15) is 0 Å². The molecule has 0 saturated heterocycles. The molecule has 0 spiro atoms. The molecule has 0 atom stereocenters. The van der Waals surface area contributed by atoms with E-state index in [0.29, 0.717) is 13.2 Å². The number of rotatable bonds is 3. The highest BCUT2D eigenvalue weighted by Crippen LogP contribution is 2.37. The van der Waals surface area contributed by atoms with Crippen molar-refractivity contribution in [3.05, 3.63) is 17.7 Å². The fraction of sp³-hybridized carbons (Fsp3) is 0.400. The third-order valence-corrected chi connectivity index (χ3v) is 2.08. The molecule has 0 radical (unpaired) electrons. The highest BCUT2D eigenvalue weighted by molar-refractivity contribution is 5.51. The van der Waals surface area contributed by atoms with Crippen molar-refractivity contribution in [1.82, 2.24) is 0 Å². The van der Waals surface area contributed by atoms with Crippen LogP contribution in [0.5, 0.6) is 17.2 Å². The molecule has 4 nitrogen and oxygen atoms in total. The van der Waals surface area contributed by atoms with E-state index in [4.69, 9.17) is 19.9 Å². The van der Waals surface area contributed by atoms with Crippen LogP contribution in [-0.2, 0) is 6.54 Å². The maximum atomic E-state index is 5.60. The number of nitrogens with two attached hydrogens (primary N) is 1. The standard InChI is InChI=1S/C10H13NO3/c1-2-12-8-4-10-9(13-6-14-10)3-7(8)5-11/h3-4H,2,5-6,11H2,1H3. The molecule has 0 unspecified atom stereocenters.